The fourth-order valence-electron chi connectivity index (χ4n) is 3.23. The molecule has 0 bridgehead atoms. The van der Waals surface area contributed by atoms with Crippen LogP contribution in [0.2, 0.25) is 0 Å². The highest BCUT2D eigenvalue weighted by molar-refractivity contribution is 6.09. The monoisotopic (exact) mass is 330 g/mol. The summed E-state index contributed by atoms with van der Waals surface area (Å²) in [6.45, 7) is 4.21. The molecule has 2 aliphatic rings. The van der Waals surface area contributed by atoms with Crippen LogP contribution in [-0.2, 0) is 4.79 Å². The van der Waals surface area contributed by atoms with E-state index in [4.69, 9.17) is 0 Å². The van der Waals surface area contributed by atoms with E-state index < -0.39 is 6.04 Å². The molecule has 1 fully saturated rings. The van der Waals surface area contributed by atoms with Crippen LogP contribution in [0, 0.1) is 0 Å². The number of rotatable bonds is 2. The maximum Gasteiger partial charge on any atom is 0.315 e. The van der Waals surface area contributed by atoms with Crippen LogP contribution in [0.4, 0.5) is 10.5 Å². The molecule has 7 nitrogen and oxygen atoms in total. The third-order valence-corrected chi connectivity index (χ3v) is 4.34. The van der Waals surface area contributed by atoms with Gasteiger partial charge in [0.2, 0.25) is 5.91 Å². The predicted molar refractivity (Wildman–Crippen MR) is 89.7 cm³/mol. The first-order valence-electron chi connectivity index (χ1n) is 8.23. The van der Waals surface area contributed by atoms with Crippen LogP contribution in [0.25, 0.3) is 0 Å². The van der Waals surface area contributed by atoms with Crippen molar-refractivity contribution in [1.29, 1.82) is 0 Å². The molecule has 1 saturated heterocycles. The fraction of sp³-hybridized carbons (Fsp3) is 0.471. The van der Waals surface area contributed by atoms with Gasteiger partial charge in [0.25, 0.3) is 5.91 Å². The largest absolute Gasteiger partial charge is 0.336 e. The van der Waals surface area contributed by atoms with Gasteiger partial charge in [-0.25, -0.2) is 4.79 Å². The normalized spacial score (nSPS) is 23.0. The minimum atomic E-state index is -0.567. The molecular formula is C17H22N4O3. The van der Waals surface area contributed by atoms with Crippen molar-refractivity contribution in [1.82, 2.24) is 15.5 Å². The molecule has 2 atom stereocenters. The Morgan fingerprint density at radius 2 is 2.04 bits per heavy atom. The Morgan fingerprint density at radius 3 is 2.79 bits per heavy atom. The second-order valence-corrected chi connectivity index (χ2v) is 6.54. The fourth-order valence-corrected chi connectivity index (χ4v) is 3.23. The van der Waals surface area contributed by atoms with E-state index in [2.05, 4.69) is 16.0 Å². The van der Waals surface area contributed by atoms with Gasteiger partial charge in [0, 0.05) is 18.6 Å². The minimum Gasteiger partial charge on any atom is -0.336 e. The minimum absolute atomic E-state index is 0.0438. The van der Waals surface area contributed by atoms with E-state index in [1.54, 1.807) is 29.2 Å². The number of carbonyl (C=O) groups excluding carboxylic acids is 3. The summed E-state index contributed by atoms with van der Waals surface area (Å²) in [5.74, 6) is -0.344. The Morgan fingerprint density at radius 1 is 1.29 bits per heavy atom. The van der Waals surface area contributed by atoms with Gasteiger partial charge in [-0.2, -0.15) is 0 Å². The lowest BCUT2D eigenvalue weighted by Gasteiger charge is -2.37. The van der Waals surface area contributed by atoms with Gasteiger partial charge in [0.05, 0.1) is 11.3 Å². The van der Waals surface area contributed by atoms with Crippen molar-refractivity contribution in [2.45, 2.75) is 44.8 Å². The van der Waals surface area contributed by atoms with E-state index in [-0.39, 0.29) is 29.9 Å². The maximum absolute atomic E-state index is 12.7. The van der Waals surface area contributed by atoms with Gasteiger partial charge in [-0.05, 0) is 38.8 Å². The Balaban J connectivity index is 1.74. The predicted octanol–water partition coefficient (Wildman–Crippen LogP) is 1.32. The highest BCUT2D eigenvalue weighted by Gasteiger charge is 2.40. The van der Waals surface area contributed by atoms with Crippen molar-refractivity contribution in [3.05, 3.63) is 29.8 Å². The number of para-hydroxylation sites is 1. The molecule has 7 heteroatoms. The van der Waals surface area contributed by atoms with Crippen LogP contribution in [-0.4, -0.2) is 47.4 Å². The molecule has 128 valence electrons. The van der Waals surface area contributed by atoms with Gasteiger partial charge in [-0.3, -0.25) is 9.59 Å². The van der Waals surface area contributed by atoms with Crippen LogP contribution in [0.1, 0.15) is 37.0 Å². The highest BCUT2D eigenvalue weighted by Crippen LogP contribution is 2.28. The van der Waals surface area contributed by atoms with Crippen molar-refractivity contribution in [3.8, 4) is 0 Å². The number of nitrogens with one attached hydrogen (secondary N) is 3. The Hall–Kier alpha value is -2.57. The zero-order valence-electron chi connectivity index (χ0n) is 13.8. The molecule has 0 aliphatic carbocycles. The molecular weight excluding hydrogens is 308 g/mol. The van der Waals surface area contributed by atoms with Crippen LogP contribution in [0.3, 0.4) is 0 Å². The zero-order valence-corrected chi connectivity index (χ0v) is 13.8. The lowest BCUT2D eigenvalue weighted by Crippen LogP contribution is -2.56. The van der Waals surface area contributed by atoms with Gasteiger partial charge in [-0.15, -0.1) is 0 Å². The molecule has 2 aliphatic heterocycles. The third-order valence-electron chi connectivity index (χ3n) is 4.34. The van der Waals surface area contributed by atoms with Gasteiger partial charge in [0.15, 0.2) is 0 Å². The van der Waals surface area contributed by atoms with Crippen molar-refractivity contribution in [2.24, 2.45) is 0 Å². The quantitative estimate of drug-likeness (QED) is 0.764. The summed E-state index contributed by atoms with van der Waals surface area (Å²) in [5, 5.41) is 8.50. The molecule has 4 amide bonds. The molecule has 0 unspecified atom stereocenters. The van der Waals surface area contributed by atoms with E-state index in [1.165, 1.54) is 0 Å². The number of benzene rings is 1. The van der Waals surface area contributed by atoms with Crippen LogP contribution in [0.15, 0.2) is 24.3 Å². The Kier molecular flexibility index (Phi) is 4.42. The molecule has 1 aromatic rings. The molecule has 3 N–H and O–H groups in total. The number of hydrogen-bond donors (Lipinski definition) is 3. The first kappa shape index (κ1) is 16.3. The Labute approximate surface area is 140 Å². The summed E-state index contributed by atoms with van der Waals surface area (Å²) >= 11 is 0. The number of urea groups is 1. The summed E-state index contributed by atoms with van der Waals surface area (Å²) in [4.78, 5) is 38.7. The number of carbonyl (C=O) groups is 3. The van der Waals surface area contributed by atoms with E-state index in [0.717, 1.165) is 0 Å². The molecule has 0 saturated carbocycles. The molecule has 1 aromatic carbocycles. The van der Waals surface area contributed by atoms with Gasteiger partial charge >= 0.3 is 6.03 Å². The lowest BCUT2D eigenvalue weighted by atomic mass is 9.96. The number of anilines is 1. The van der Waals surface area contributed by atoms with Gasteiger partial charge in [0.1, 0.15) is 6.04 Å². The summed E-state index contributed by atoms with van der Waals surface area (Å²) in [5.41, 5.74) is 1.06. The standard InChI is InChI=1S/C17H22N4O3/c1-10(2)18-17(24)19-11-7-8-21-14(9-11)15(22)20-13-6-4-3-5-12(13)16(21)23/h3-6,10-11,14H,7-9H2,1-2H3,(H,20,22)(H2,18,19,24)/t11-,14+/m1/s1. The second kappa shape index (κ2) is 6.51. The number of amides is 4. The second-order valence-electron chi connectivity index (χ2n) is 6.54. The van der Waals surface area contributed by atoms with Crippen molar-refractivity contribution in [2.75, 3.05) is 11.9 Å². The van der Waals surface area contributed by atoms with Gasteiger partial charge < -0.3 is 20.9 Å². The van der Waals surface area contributed by atoms with E-state index in [9.17, 15) is 14.4 Å². The van der Waals surface area contributed by atoms with Crippen molar-refractivity contribution < 1.29 is 14.4 Å². The van der Waals surface area contributed by atoms with Gasteiger partial charge in [-0.1, -0.05) is 12.1 Å². The zero-order chi connectivity index (χ0) is 17.3. The molecule has 0 radical (unpaired) electrons. The lowest BCUT2D eigenvalue weighted by molar-refractivity contribution is -0.121. The topological polar surface area (TPSA) is 90.5 Å². The summed E-state index contributed by atoms with van der Waals surface area (Å²) < 4.78 is 0. The summed E-state index contributed by atoms with van der Waals surface area (Å²) in [6.07, 6.45) is 1.04. The number of fused-ring (bicyclic) bond motifs is 2. The number of piperidine rings is 1. The third kappa shape index (κ3) is 3.20. The highest BCUT2D eigenvalue weighted by atomic mass is 16.2. The first-order valence-corrected chi connectivity index (χ1v) is 8.23. The van der Waals surface area contributed by atoms with Crippen LogP contribution >= 0.6 is 0 Å². The molecule has 0 spiro atoms. The number of hydrogen-bond acceptors (Lipinski definition) is 3. The van der Waals surface area contributed by atoms with Crippen molar-refractivity contribution in [3.63, 3.8) is 0 Å². The summed E-state index contributed by atoms with van der Waals surface area (Å²) in [7, 11) is 0. The molecule has 0 aromatic heterocycles. The summed E-state index contributed by atoms with van der Waals surface area (Å²) in [6, 6.07) is 6.13. The van der Waals surface area contributed by atoms with Crippen LogP contribution in [0.5, 0.6) is 0 Å². The van der Waals surface area contributed by atoms with Crippen molar-refractivity contribution >= 4 is 23.5 Å². The smallest absolute Gasteiger partial charge is 0.315 e. The van der Waals surface area contributed by atoms with E-state index >= 15 is 0 Å². The molecule has 2 heterocycles. The van der Waals surface area contributed by atoms with E-state index in [0.29, 0.717) is 30.6 Å². The molecule has 24 heavy (non-hydrogen) atoms. The average Bonchev–Trinajstić information content (AvgIpc) is 2.63. The average molecular weight is 330 g/mol. The Bertz CT molecular complexity index is 674. The molecule has 3 rings (SSSR count). The van der Waals surface area contributed by atoms with E-state index in [1.807, 2.05) is 13.8 Å². The van der Waals surface area contributed by atoms with Crippen LogP contribution < -0.4 is 16.0 Å². The first-order chi connectivity index (χ1) is 11.5. The number of nitrogens with zero attached hydrogens (tertiary/aromatic N) is 1. The maximum atomic E-state index is 12.7. The SMILES string of the molecule is CC(C)NC(=O)N[C@@H]1CCN2C(=O)c3ccccc3NC(=O)[C@@H]2C1.